The van der Waals surface area contributed by atoms with E-state index in [0.29, 0.717) is 12.0 Å². The van der Waals surface area contributed by atoms with Crippen LogP contribution in [0, 0.1) is 10.1 Å². The molecule has 15 heteroatoms. The number of nitro benzene ring substituents is 1. The van der Waals surface area contributed by atoms with Crippen LogP contribution in [0.5, 0.6) is 0 Å². The third-order valence-electron chi connectivity index (χ3n) is 5.88. The summed E-state index contributed by atoms with van der Waals surface area (Å²) in [4.78, 5) is 72.9. The number of rotatable bonds is 12. The van der Waals surface area contributed by atoms with E-state index in [4.69, 9.17) is 11.5 Å². The van der Waals surface area contributed by atoms with Crippen molar-refractivity contribution in [2.75, 3.05) is 6.54 Å². The Bertz CT molecular complexity index is 1050. The number of nitrogens with two attached hydrogens (primary N) is 2. The number of nitrogens with one attached hydrogen (secondary N) is 2. The Morgan fingerprint density at radius 1 is 1.16 bits per heavy atom. The highest BCUT2D eigenvalue weighted by atomic mass is 16.6. The maximum Gasteiger partial charge on any atom is 0.326 e. The Hall–Kier alpha value is -4.11. The number of nitrogens with zero attached hydrogens (tertiary/aromatic N) is 2. The minimum Gasteiger partial charge on any atom is -0.480 e. The molecule has 15 nitrogen and oxygen atoms in total. The Morgan fingerprint density at radius 2 is 1.78 bits per heavy atom. The molecule has 1 aliphatic rings. The van der Waals surface area contributed by atoms with Gasteiger partial charge in [-0.1, -0.05) is 12.1 Å². The van der Waals surface area contributed by atoms with Crippen LogP contribution in [0.4, 0.5) is 5.69 Å². The van der Waals surface area contributed by atoms with Crippen molar-refractivity contribution in [1.82, 2.24) is 15.5 Å². The Balaban J connectivity index is 2.27. The monoisotopic (exact) mass is 522 g/mol. The molecule has 0 aromatic heterocycles. The molecule has 1 heterocycles. The lowest BCUT2D eigenvalue weighted by atomic mass is 10.0. The number of amides is 4. The molecule has 1 aromatic rings. The summed E-state index contributed by atoms with van der Waals surface area (Å²) in [5, 5.41) is 34.5. The van der Waals surface area contributed by atoms with Gasteiger partial charge in [0, 0.05) is 25.1 Å². The van der Waals surface area contributed by atoms with Gasteiger partial charge in [0.25, 0.3) is 5.69 Å². The SMILES string of the molecule is C[C@@H](O)[C@H](N)C(=O)N[C@@H](Cc1ccc([N+](=O)[O-])cc1)C(=O)N1CCC[C@H]1C(=O)N[C@@H](CC(N)=O)C(=O)O. The fraction of sp³-hybridized carbons (Fsp3) is 0.500. The lowest BCUT2D eigenvalue weighted by molar-refractivity contribution is -0.384. The maximum absolute atomic E-state index is 13.5. The summed E-state index contributed by atoms with van der Waals surface area (Å²) in [6.07, 6.45) is -1.37. The molecule has 1 fully saturated rings. The van der Waals surface area contributed by atoms with E-state index in [0.717, 1.165) is 0 Å². The van der Waals surface area contributed by atoms with E-state index in [9.17, 15) is 44.3 Å². The van der Waals surface area contributed by atoms with Crippen LogP contribution in [0.25, 0.3) is 0 Å². The van der Waals surface area contributed by atoms with Crippen LogP contribution in [-0.2, 0) is 30.4 Å². The van der Waals surface area contributed by atoms with Crippen molar-refractivity contribution in [3.63, 3.8) is 0 Å². The van der Waals surface area contributed by atoms with Gasteiger partial charge in [0.05, 0.1) is 17.4 Å². The molecule has 1 aromatic carbocycles. The largest absolute Gasteiger partial charge is 0.480 e. The van der Waals surface area contributed by atoms with E-state index in [1.54, 1.807) is 0 Å². The van der Waals surface area contributed by atoms with Crippen LogP contribution in [0.2, 0.25) is 0 Å². The average Bonchev–Trinajstić information content (AvgIpc) is 3.32. The number of non-ortho nitro benzene ring substituents is 1. The summed E-state index contributed by atoms with van der Waals surface area (Å²) >= 11 is 0. The van der Waals surface area contributed by atoms with Gasteiger partial charge in [-0.2, -0.15) is 0 Å². The molecule has 2 rings (SSSR count). The van der Waals surface area contributed by atoms with Crippen LogP contribution in [0.15, 0.2) is 24.3 Å². The second kappa shape index (κ2) is 12.7. The molecule has 1 aliphatic heterocycles. The Kier molecular flexibility index (Phi) is 10.0. The van der Waals surface area contributed by atoms with Gasteiger partial charge in [0.1, 0.15) is 24.2 Å². The van der Waals surface area contributed by atoms with Crippen molar-refractivity contribution in [2.45, 2.75) is 62.9 Å². The first kappa shape index (κ1) is 29.1. The first-order valence-corrected chi connectivity index (χ1v) is 11.4. The number of primary amides is 1. The van der Waals surface area contributed by atoms with Crippen LogP contribution in [0.3, 0.4) is 0 Å². The van der Waals surface area contributed by atoms with E-state index in [2.05, 4.69) is 10.6 Å². The second-order valence-corrected chi connectivity index (χ2v) is 8.71. The molecule has 0 bridgehead atoms. The van der Waals surface area contributed by atoms with Gasteiger partial charge in [0.2, 0.25) is 23.6 Å². The summed E-state index contributed by atoms with van der Waals surface area (Å²) in [5.74, 6) is -4.72. The number of carbonyl (C=O) groups excluding carboxylic acids is 4. The number of carboxylic acids is 1. The fourth-order valence-corrected chi connectivity index (χ4v) is 3.85. The van der Waals surface area contributed by atoms with Gasteiger partial charge < -0.3 is 37.2 Å². The number of aliphatic hydroxyl groups is 1. The second-order valence-electron chi connectivity index (χ2n) is 8.71. The molecule has 37 heavy (non-hydrogen) atoms. The van der Waals surface area contributed by atoms with Gasteiger partial charge in [-0.05, 0) is 25.3 Å². The normalized spacial score (nSPS) is 18.2. The molecular weight excluding hydrogens is 492 g/mol. The van der Waals surface area contributed by atoms with Crippen molar-refractivity contribution in [1.29, 1.82) is 0 Å². The highest BCUT2D eigenvalue weighted by Gasteiger charge is 2.39. The molecule has 1 saturated heterocycles. The summed E-state index contributed by atoms with van der Waals surface area (Å²) in [6.45, 7) is 1.42. The zero-order chi connectivity index (χ0) is 27.9. The molecule has 5 atom stereocenters. The number of carboxylic acid groups (broad SMARTS) is 1. The van der Waals surface area contributed by atoms with Gasteiger partial charge in [-0.15, -0.1) is 0 Å². The standard InChI is InChI=1S/C22H30N6O9/c1-11(29)18(24)20(32)25-14(9-12-4-6-13(7-5-12)28(36)37)21(33)27-8-2-3-16(27)19(31)26-15(22(34)35)10-17(23)30/h4-7,11,14-16,18,29H,2-3,8-10,24H2,1H3,(H2,23,30)(H,25,32)(H,26,31)(H,34,35)/t11-,14+,15+,16+,18+/m1/s1. The lowest BCUT2D eigenvalue weighted by Gasteiger charge is -2.30. The fourth-order valence-electron chi connectivity index (χ4n) is 3.85. The molecule has 202 valence electrons. The predicted molar refractivity (Wildman–Crippen MR) is 127 cm³/mol. The van der Waals surface area contributed by atoms with E-state index in [-0.39, 0.29) is 25.1 Å². The van der Waals surface area contributed by atoms with Gasteiger partial charge in [-0.3, -0.25) is 29.3 Å². The summed E-state index contributed by atoms with van der Waals surface area (Å²) in [6, 6.07) is 0.0198. The number of hydrogen-bond donors (Lipinski definition) is 6. The molecule has 4 amide bonds. The zero-order valence-corrected chi connectivity index (χ0v) is 20.0. The number of benzene rings is 1. The Labute approximate surface area is 211 Å². The van der Waals surface area contributed by atoms with Crippen molar-refractivity contribution in [3.8, 4) is 0 Å². The van der Waals surface area contributed by atoms with Crippen molar-refractivity contribution >= 4 is 35.3 Å². The minimum atomic E-state index is -1.58. The minimum absolute atomic E-state index is 0.112. The van der Waals surface area contributed by atoms with Gasteiger partial charge >= 0.3 is 5.97 Å². The Morgan fingerprint density at radius 3 is 2.30 bits per heavy atom. The molecular formula is C22H30N6O9. The highest BCUT2D eigenvalue weighted by molar-refractivity contribution is 5.95. The van der Waals surface area contributed by atoms with Crippen LogP contribution >= 0.6 is 0 Å². The van der Waals surface area contributed by atoms with Crippen molar-refractivity contribution in [3.05, 3.63) is 39.9 Å². The smallest absolute Gasteiger partial charge is 0.326 e. The first-order chi connectivity index (χ1) is 17.3. The summed E-state index contributed by atoms with van der Waals surface area (Å²) in [7, 11) is 0. The van der Waals surface area contributed by atoms with E-state index in [1.807, 2.05) is 0 Å². The van der Waals surface area contributed by atoms with Gasteiger partial charge in [0.15, 0.2) is 0 Å². The molecule has 0 unspecified atom stereocenters. The molecule has 0 aliphatic carbocycles. The van der Waals surface area contributed by atoms with E-state index in [1.165, 1.54) is 36.1 Å². The van der Waals surface area contributed by atoms with E-state index < -0.39 is 71.2 Å². The topological polar surface area (TPSA) is 248 Å². The average molecular weight is 523 g/mol. The van der Waals surface area contributed by atoms with Crippen LogP contribution in [0.1, 0.15) is 31.7 Å². The van der Waals surface area contributed by atoms with Crippen molar-refractivity contribution in [2.24, 2.45) is 11.5 Å². The number of nitro groups is 1. The molecule has 0 saturated carbocycles. The van der Waals surface area contributed by atoms with Gasteiger partial charge in [-0.25, -0.2) is 4.79 Å². The molecule has 0 radical (unpaired) electrons. The number of carbonyl (C=O) groups is 5. The summed E-state index contributed by atoms with van der Waals surface area (Å²) in [5.41, 5.74) is 11.0. The van der Waals surface area contributed by atoms with Crippen molar-refractivity contribution < 1.29 is 39.1 Å². The lowest BCUT2D eigenvalue weighted by Crippen LogP contribution is -2.58. The maximum atomic E-state index is 13.5. The zero-order valence-electron chi connectivity index (χ0n) is 20.0. The quantitative estimate of drug-likeness (QED) is 0.127. The van der Waals surface area contributed by atoms with Crippen LogP contribution in [-0.4, -0.2) is 86.5 Å². The third kappa shape index (κ3) is 7.94. The highest BCUT2D eigenvalue weighted by Crippen LogP contribution is 2.21. The number of likely N-dealkylation sites (tertiary alicyclic amines) is 1. The number of aliphatic carboxylic acids is 1. The first-order valence-electron chi connectivity index (χ1n) is 11.4. The van der Waals surface area contributed by atoms with Crippen LogP contribution < -0.4 is 22.1 Å². The van der Waals surface area contributed by atoms with E-state index >= 15 is 0 Å². The predicted octanol–water partition coefficient (Wildman–Crippen LogP) is -2.23. The number of hydrogen-bond acceptors (Lipinski definition) is 9. The molecule has 0 spiro atoms. The number of aliphatic hydroxyl groups excluding tert-OH is 1. The summed E-state index contributed by atoms with van der Waals surface area (Å²) < 4.78 is 0. The third-order valence-corrected chi connectivity index (χ3v) is 5.88. The molecule has 8 N–H and O–H groups in total.